The first-order chi connectivity index (χ1) is 8.94. The van der Waals surface area contributed by atoms with Gasteiger partial charge in [0, 0.05) is 12.6 Å². The van der Waals surface area contributed by atoms with Gasteiger partial charge in [-0.2, -0.15) is 4.98 Å². The van der Waals surface area contributed by atoms with Gasteiger partial charge in [0.25, 0.3) is 0 Å². The van der Waals surface area contributed by atoms with E-state index >= 15 is 0 Å². The normalized spacial score (nSPS) is 15.4. The van der Waals surface area contributed by atoms with Crippen LogP contribution in [0, 0.1) is 5.92 Å². The Morgan fingerprint density at radius 3 is 2.68 bits per heavy atom. The Labute approximate surface area is 116 Å². The largest absolute Gasteiger partial charge is 0.476 e. The summed E-state index contributed by atoms with van der Waals surface area (Å²) >= 11 is 0. The van der Waals surface area contributed by atoms with Crippen LogP contribution >= 0.6 is 0 Å². The second kappa shape index (κ2) is 5.27. The van der Waals surface area contributed by atoms with Crippen LogP contribution < -0.4 is 15.4 Å². The van der Waals surface area contributed by atoms with Crippen molar-refractivity contribution >= 4 is 11.5 Å². The molecule has 4 heteroatoms. The number of nitrogen functional groups attached to an aromatic ring is 1. The zero-order valence-electron chi connectivity index (χ0n) is 12.4. The molecule has 2 N–H and O–H groups in total. The van der Waals surface area contributed by atoms with Crippen molar-refractivity contribution in [2.24, 2.45) is 5.92 Å². The zero-order chi connectivity index (χ0) is 14.0. The number of ether oxygens (including phenoxy) is 1. The summed E-state index contributed by atoms with van der Waals surface area (Å²) in [4.78, 5) is 6.74. The number of nitrogens with two attached hydrogens (primary N) is 1. The molecule has 1 aromatic rings. The SMILES string of the molecule is CCC(C)(C)N(C)c1ccc(N)c(OCC2CC2)n1. The standard InChI is InChI=1S/C15H25N3O/c1-5-15(2,3)18(4)13-9-8-12(16)14(17-13)19-10-11-6-7-11/h8-9,11H,5-7,10,16H2,1-4H3. The number of rotatable bonds is 6. The zero-order valence-corrected chi connectivity index (χ0v) is 12.4. The predicted octanol–water partition coefficient (Wildman–Crippen LogP) is 3.08. The number of hydrogen-bond donors (Lipinski definition) is 1. The molecule has 1 aliphatic rings. The van der Waals surface area contributed by atoms with Crippen LogP contribution in [0.4, 0.5) is 11.5 Å². The second-order valence-electron chi connectivity index (χ2n) is 6.04. The maximum atomic E-state index is 5.93. The molecule has 2 rings (SSSR count). The first-order valence-corrected chi connectivity index (χ1v) is 7.07. The third kappa shape index (κ3) is 3.31. The van der Waals surface area contributed by atoms with Gasteiger partial charge >= 0.3 is 0 Å². The highest BCUT2D eigenvalue weighted by atomic mass is 16.5. The summed E-state index contributed by atoms with van der Waals surface area (Å²) in [5, 5.41) is 0. The summed E-state index contributed by atoms with van der Waals surface area (Å²) in [6.07, 6.45) is 3.58. The van der Waals surface area contributed by atoms with Crippen molar-refractivity contribution in [3.05, 3.63) is 12.1 Å². The fraction of sp³-hybridized carbons (Fsp3) is 0.667. The van der Waals surface area contributed by atoms with Gasteiger partial charge in [0.2, 0.25) is 5.88 Å². The van der Waals surface area contributed by atoms with Crippen molar-refractivity contribution in [1.29, 1.82) is 0 Å². The third-order valence-electron chi connectivity index (χ3n) is 4.14. The lowest BCUT2D eigenvalue weighted by Crippen LogP contribution is -2.41. The molecule has 0 spiro atoms. The molecule has 1 aliphatic carbocycles. The molecule has 4 nitrogen and oxygen atoms in total. The van der Waals surface area contributed by atoms with Crippen molar-refractivity contribution in [1.82, 2.24) is 4.98 Å². The summed E-state index contributed by atoms with van der Waals surface area (Å²) in [5.74, 6) is 2.18. The molecule has 0 atom stereocenters. The molecule has 0 aliphatic heterocycles. The topological polar surface area (TPSA) is 51.4 Å². The molecule has 19 heavy (non-hydrogen) atoms. The number of aromatic nitrogens is 1. The van der Waals surface area contributed by atoms with Crippen LogP contribution in [0.25, 0.3) is 0 Å². The van der Waals surface area contributed by atoms with Gasteiger partial charge in [-0.05, 0) is 51.2 Å². The van der Waals surface area contributed by atoms with Crippen molar-refractivity contribution in [2.75, 3.05) is 24.3 Å². The quantitative estimate of drug-likeness (QED) is 0.857. The smallest absolute Gasteiger partial charge is 0.239 e. The minimum atomic E-state index is 0.0663. The van der Waals surface area contributed by atoms with Crippen LogP contribution in [0.15, 0.2) is 12.1 Å². The molecule has 0 aromatic carbocycles. The molecular weight excluding hydrogens is 238 g/mol. The van der Waals surface area contributed by atoms with Gasteiger partial charge in [-0.15, -0.1) is 0 Å². The maximum Gasteiger partial charge on any atom is 0.239 e. The van der Waals surface area contributed by atoms with E-state index in [0.29, 0.717) is 17.5 Å². The first kappa shape index (κ1) is 14.0. The van der Waals surface area contributed by atoms with Crippen LogP contribution in [-0.2, 0) is 0 Å². The van der Waals surface area contributed by atoms with E-state index < -0.39 is 0 Å². The van der Waals surface area contributed by atoms with Crippen molar-refractivity contribution < 1.29 is 4.74 Å². The number of anilines is 2. The van der Waals surface area contributed by atoms with Gasteiger partial charge in [0.1, 0.15) is 5.82 Å². The van der Waals surface area contributed by atoms with E-state index in [-0.39, 0.29) is 5.54 Å². The van der Waals surface area contributed by atoms with Gasteiger partial charge < -0.3 is 15.4 Å². The minimum Gasteiger partial charge on any atom is -0.476 e. The average molecular weight is 263 g/mol. The fourth-order valence-electron chi connectivity index (χ4n) is 1.77. The lowest BCUT2D eigenvalue weighted by Gasteiger charge is -2.36. The Balaban J connectivity index is 2.14. The van der Waals surface area contributed by atoms with E-state index in [1.165, 1.54) is 12.8 Å². The Kier molecular flexibility index (Phi) is 3.88. The summed E-state index contributed by atoms with van der Waals surface area (Å²) < 4.78 is 5.74. The van der Waals surface area contributed by atoms with Crippen molar-refractivity contribution in [3.63, 3.8) is 0 Å². The molecule has 0 radical (unpaired) electrons. The van der Waals surface area contributed by atoms with E-state index in [0.717, 1.165) is 18.8 Å². The Morgan fingerprint density at radius 2 is 2.11 bits per heavy atom. The van der Waals surface area contributed by atoms with Crippen LogP contribution in [0.1, 0.15) is 40.0 Å². The molecule has 1 fully saturated rings. The maximum absolute atomic E-state index is 5.93. The monoisotopic (exact) mass is 263 g/mol. The Morgan fingerprint density at radius 1 is 1.42 bits per heavy atom. The lowest BCUT2D eigenvalue weighted by molar-refractivity contribution is 0.290. The highest BCUT2D eigenvalue weighted by Gasteiger charge is 2.25. The van der Waals surface area contributed by atoms with Gasteiger partial charge in [0.05, 0.1) is 12.3 Å². The number of hydrogen-bond acceptors (Lipinski definition) is 4. The predicted molar refractivity (Wildman–Crippen MR) is 79.6 cm³/mol. The van der Waals surface area contributed by atoms with E-state index in [1.807, 2.05) is 12.1 Å². The summed E-state index contributed by atoms with van der Waals surface area (Å²) in [6.45, 7) is 7.32. The fourth-order valence-corrected chi connectivity index (χ4v) is 1.77. The van der Waals surface area contributed by atoms with E-state index in [1.54, 1.807) is 0 Å². The van der Waals surface area contributed by atoms with E-state index in [9.17, 15) is 0 Å². The molecule has 0 bridgehead atoms. The van der Waals surface area contributed by atoms with Crippen LogP contribution in [-0.4, -0.2) is 24.2 Å². The van der Waals surface area contributed by atoms with E-state index in [2.05, 4.69) is 37.7 Å². The van der Waals surface area contributed by atoms with Gasteiger partial charge in [0.15, 0.2) is 0 Å². The number of nitrogens with zero attached hydrogens (tertiary/aromatic N) is 2. The average Bonchev–Trinajstić information content (AvgIpc) is 3.21. The van der Waals surface area contributed by atoms with Gasteiger partial charge in [-0.1, -0.05) is 6.92 Å². The van der Waals surface area contributed by atoms with Crippen LogP contribution in [0.2, 0.25) is 0 Å². The minimum absolute atomic E-state index is 0.0663. The molecular formula is C15H25N3O. The summed E-state index contributed by atoms with van der Waals surface area (Å²) in [6, 6.07) is 3.84. The first-order valence-electron chi connectivity index (χ1n) is 7.07. The highest BCUT2D eigenvalue weighted by Crippen LogP contribution is 2.32. The summed E-state index contributed by atoms with van der Waals surface area (Å²) in [5.41, 5.74) is 6.62. The van der Waals surface area contributed by atoms with Gasteiger partial charge in [-0.3, -0.25) is 0 Å². The highest BCUT2D eigenvalue weighted by molar-refractivity contribution is 5.55. The number of pyridine rings is 1. The van der Waals surface area contributed by atoms with Crippen molar-refractivity contribution in [2.45, 2.75) is 45.6 Å². The van der Waals surface area contributed by atoms with Crippen LogP contribution in [0.5, 0.6) is 5.88 Å². The van der Waals surface area contributed by atoms with Crippen LogP contribution in [0.3, 0.4) is 0 Å². The Bertz CT molecular complexity index is 441. The molecule has 0 saturated heterocycles. The third-order valence-corrected chi connectivity index (χ3v) is 4.14. The lowest BCUT2D eigenvalue weighted by atomic mass is 10.00. The molecule has 1 heterocycles. The van der Waals surface area contributed by atoms with Gasteiger partial charge in [-0.25, -0.2) is 0 Å². The molecule has 1 aromatic heterocycles. The Hall–Kier alpha value is -1.45. The summed E-state index contributed by atoms with van der Waals surface area (Å²) in [7, 11) is 2.06. The molecule has 0 amide bonds. The molecule has 106 valence electrons. The van der Waals surface area contributed by atoms with E-state index in [4.69, 9.17) is 10.5 Å². The van der Waals surface area contributed by atoms with Crippen molar-refractivity contribution in [3.8, 4) is 5.88 Å². The molecule has 1 saturated carbocycles. The molecule has 0 unspecified atom stereocenters. The second-order valence-corrected chi connectivity index (χ2v) is 6.04.